The molecule has 0 bridgehead atoms. The third-order valence-corrected chi connectivity index (χ3v) is 3.68. The number of fused-ring (bicyclic) bond motifs is 1. The molecule has 1 heterocycles. The second-order valence-electron chi connectivity index (χ2n) is 5.48. The van der Waals surface area contributed by atoms with Gasteiger partial charge in [0.25, 0.3) is 5.91 Å². The smallest absolute Gasteiger partial charge is 0.255 e. The summed E-state index contributed by atoms with van der Waals surface area (Å²) >= 11 is 0. The number of hydrogen-bond donors (Lipinski definition) is 1. The van der Waals surface area contributed by atoms with Gasteiger partial charge in [-0.1, -0.05) is 30.4 Å². The van der Waals surface area contributed by atoms with Crippen molar-refractivity contribution in [3.63, 3.8) is 0 Å². The molecular weight excluding hydrogens is 334 g/mol. The molecule has 3 rings (SSSR count). The number of para-hydroxylation sites is 1. The van der Waals surface area contributed by atoms with Crippen LogP contribution in [0.3, 0.4) is 0 Å². The van der Waals surface area contributed by atoms with E-state index < -0.39 is 5.91 Å². The number of ether oxygens (including phenoxy) is 3. The zero-order valence-corrected chi connectivity index (χ0v) is 14.1. The number of carbonyl (C=O) groups excluding carboxylic acids is 2. The number of benzene rings is 2. The number of nitrogens with two attached hydrogens (primary N) is 1. The van der Waals surface area contributed by atoms with E-state index in [2.05, 4.69) is 0 Å². The molecule has 6 heteroatoms. The van der Waals surface area contributed by atoms with Crippen molar-refractivity contribution in [1.82, 2.24) is 0 Å². The lowest BCUT2D eigenvalue weighted by Gasteiger charge is -2.04. The molecule has 2 N–H and O–H groups in total. The maximum absolute atomic E-state index is 12.4. The fraction of sp³-hybridized carbons (Fsp3) is 0.100. The number of primary amides is 1. The van der Waals surface area contributed by atoms with Gasteiger partial charge < -0.3 is 19.9 Å². The van der Waals surface area contributed by atoms with Gasteiger partial charge in [0.05, 0.1) is 12.7 Å². The molecule has 0 fully saturated rings. The highest BCUT2D eigenvalue weighted by atomic mass is 16.5. The van der Waals surface area contributed by atoms with E-state index in [1.807, 2.05) is 30.3 Å². The van der Waals surface area contributed by atoms with Crippen molar-refractivity contribution in [2.24, 2.45) is 5.73 Å². The van der Waals surface area contributed by atoms with Crippen molar-refractivity contribution < 1.29 is 23.8 Å². The molecule has 0 spiro atoms. The number of carbonyl (C=O) groups is 2. The monoisotopic (exact) mass is 351 g/mol. The fourth-order valence-electron chi connectivity index (χ4n) is 2.47. The number of methoxy groups -OCH3 is 1. The molecule has 0 unspecified atom stereocenters. The van der Waals surface area contributed by atoms with Crippen molar-refractivity contribution in [3.05, 3.63) is 71.5 Å². The predicted octanol–water partition coefficient (Wildman–Crippen LogP) is 2.73. The molecule has 0 aliphatic carbocycles. The summed E-state index contributed by atoms with van der Waals surface area (Å²) in [5.41, 5.74) is 6.37. The van der Waals surface area contributed by atoms with Crippen LogP contribution < -0.4 is 19.9 Å². The maximum atomic E-state index is 12.4. The van der Waals surface area contributed by atoms with Crippen LogP contribution in [0.1, 0.15) is 15.9 Å². The molecule has 1 aliphatic rings. The Balaban J connectivity index is 1.75. The Morgan fingerprint density at radius 1 is 1.23 bits per heavy atom. The fourth-order valence-corrected chi connectivity index (χ4v) is 2.47. The molecule has 6 nitrogen and oxygen atoms in total. The summed E-state index contributed by atoms with van der Waals surface area (Å²) < 4.78 is 16.1. The molecule has 2 aromatic carbocycles. The van der Waals surface area contributed by atoms with Crippen molar-refractivity contribution in [3.8, 4) is 17.2 Å². The molecule has 0 saturated heterocycles. The third kappa shape index (κ3) is 3.75. The maximum Gasteiger partial charge on any atom is 0.255 e. The van der Waals surface area contributed by atoms with E-state index in [1.54, 1.807) is 37.5 Å². The average molecular weight is 351 g/mol. The highest BCUT2D eigenvalue weighted by Gasteiger charge is 2.27. The van der Waals surface area contributed by atoms with Crippen molar-refractivity contribution in [1.29, 1.82) is 0 Å². The first kappa shape index (κ1) is 17.3. The lowest BCUT2D eigenvalue weighted by molar-refractivity contribution is -0.119. The standard InChI is InChI=1S/C20H17NO5/c1-24-16-7-3-2-5-13(16)6-4-8-17-20(23)15-10-9-14(11-18(15)26-17)25-12-19(21)22/h2-11H,12H2,1H3,(H2,21,22)/b6-4+,17-8-. The Bertz CT molecular complexity index is 914. The summed E-state index contributed by atoms with van der Waals surface area (Å²) in [6, 6.07) is 12.3. The van der Waals surface area contributed by atoms with Crippen LogP contribution in [-0.4, -0.2) is 25.4 Å². The van der Waals surface area contributed by atoms with Gasteiger partial charge in [0.2, 0.25) is 5.78 Å². The summed E-state index contributed by atoms with van der Waals surface area (Å²) in [6.07, 6.45) is 5.15. The Labute approximate surface area is 150 Å². The van der Waals surface area contributed by atoms with Gasteiger partial charge in [-0.05, 0) is 24.3 Å². The summed E-state index contributed by atoms with van der Waals surface area (Å²) in [6.45, 7) is -0.239. The van der Waals surface area contributed by atoms with Crippen LogP contribution in [0.15, 0.2) is 60.4 Å². The van der Waals surface area contributed by atoms with Crippen LogP contribution in [0.5, 0.6) is 17.2 Å². The topological polar surface area (TPSA) is 87.8 Å². The quantitative estimate of drug-likeness (QED) is 0.809. The summed E-state index contributed by atoms with van der Waals surface area (Å²) in [7, 11) is 1.60. The van der Waals surface area contributed by atoms with Crippen molar-refractivity contribution >= 4 is 17.8 Å². The number of rotatable bonds is 6. The zero-order valence-electron chi connectivity index (χ0n) is 14.1. The lowest BCUT2D eigenvalue weighted by Crippen LogP contribution is -2.19. The van der Waals surface area contributed by atoms with Crippen molar-refractivity contribution in [2.45, 2.75) is 0 Å². The van der Waals surface area contributed by atoms with E-state index in [0.29, 0.717) is 17.1 Å². The van der Waals surface area contributed by atoms with Crippen LogP contribution in [0.4, 0.5) is 0 Å². The number of hydrogen-bond acceptors (Lipinski definition) is 5. The van der Waals surface area contributed by atoms with E-state index in [0.717, 1.165) is 11.3 Å². The molecular formula is C20H17NO5. The second kappa shape index (κ2) is 7.57. The van der Waals surface area contributed by atoms with Crippen LogP contribution >= 0.6 is 0 Å². The highest BCUT2D eigenvalue weighted by molar-refractivity contribution is 6.12. The summed E-state index contributed by atoms with van der Waals surface area (Å²) in [5.74, 6) is 0.935. The van der Waals surface area contributed by atoms with E-state index in [4.69, 9.17) is 19.9 Å². The minimum atomic E-state index is -0.579. The van der Waals surface area contributed by atoms with Gasteiger partial charge in [-0.3, -0.25) is 9.59 Å². The number of Topliss-reactive ketones (excluding diaryl/α,β-unsaturated/α-hetero) is 1. The van der Waals surface area contributed by atoms with Gasteiger partial charge in [0.1, 0.15) is 17.2 Å². The van der Waals surface area contributed by atoms with Crippen LogP contribution in [0, 0.1) is 0 Å². The number of allylic oxidation sites excluding steroid dienone is 3. The van der Waals surface area contributed by atoms with Crippen LogP contribution in [0.2, 0.25) is 0 Å². The first-order valence-corrected chi connectivity index (χ1v) is 7.87. The first-order chi connectivity index (χ1) is 12.6. The summed E-state index contributed by atoms with van der Waals surface area (Å²) in [4.78, 5) is 23.2. The molecule has 2 aromatic rings. The second-order valence-corrected chi connectivity index (χ2v) is 5.48. The van der Waals surface area contributed by atoms with Crippen LogP contribution in [0.25, 0.3) is 6.08 Å². The molecule has 26 heavy (non-hydrogen) atoms. The normalized spacial score (nSPS) is 14.3. The predicted molar refractivity (Wildman–Crippen MR) is 96.2 cm³/mol. The average Bonchev–Trinajstić information content (AvgIpc) is 2.96. The van der Waals surface area contributed by atoms with Gasteiger partial charge in [-0.25, -0.2) is 0 Å². The minimum Gasteiger partial charge on any atom is -0.496 e. The molecule has 0 radical (unpaired) electrons. The third-order valence-electron chi connectivity index (χ3n) is 3.68. The van der Waals surface area contributed by atoms with Gasteiger partial charge in [0, 0.05) is 11.6 Å². The number of ketones is 1. The van der Waals surface area contributed by atoms with Crippen LogP contribution in [-0.2, 0) is 4.79 Å². The number of amides is 1. The zero-order chi connectivity index (χ0) is 18.5. The molecule has 1 amide bonds. The largest absolute Gasteiger partial charge is 0.496 e. The van der Waals surface area contributed by atoms with E-state index >= 15 is 0 Å². The van der Waals surface area contributed by atoms with E-state index in [-0.39, 0.29) is 18.1 Å². The molecule has 0 aromatic heterocycles. The SMILES string of the molecule is COc1ccccc1/C=C/C=C1\Oc2cc(OCC(N)=O)ccc2C1=O. The molecule has 0 saturated carbocycles. The molecule has 132 valence electrons. The van der Waals surface area contributed by atoms with Gasteiger partial charge in [-0.15, -0.1) is 0 Å². The highest BCUT2D eigenvalue weighted by Crippen LogP contribution is 2.34. The Morgan fingerprint density at radius 2 is 2.04 bits per heavy atom. The molecule has 0 atom stereocenters. The minimum absolute atomic E-state index is 0.207. The van der Waals surface area contributed by atoms with Gasteiger partial charge in [-0.2, -0.15) is 0 Å². The Kier molecular flexibility index (Phi) is 5.03. The Hall–Kier alpha value is -3.54. The first-order valence-electron chi connectivity index (χ1n) is 7.87. The lowest BCUT2D eigenvalue weighted by atomic mass is 10.1. The summed E-state index contributed by atoms with van der Waals surface area (Å²) in [5, 5.41) is 0. The van der Waals surface area contributed by atoms with Gasteiger partial charge in [0.15, 0.2) is 12.4 Å². The Morgan fingerprint density at radius 3 is 2.81 bits per heavy atom. The van der Waals surface area contributed by atoms with Crippen molar-refractivity contribution in [2.75, 3.05) is 13.7 Å². The van der Waals surface area contributed by atoms with Gasteiger partial charge >= 0.3 is 0 Å². The molecule has 1 aliphatic heterocycles. The van der Waals surface area contributed by atoms with E-state index in [9.17, 15) is 9.59 Å². The van der Waals surface area contributed by atoms with E-state index in [1.165, 1.54) is 0 Å².